The highest BCUT2D eigenvalue weighted by Crippen LogP contribution is 2.38. The van der Waals surface area contributed by atoms with Gasteiger partial charge in [0, 0.05) is 6.04 Å². The van der Waals surface area contributed by atoms with E-state index in [1.165, 1.54) is 0 Å². The number of aromatic amines is 1. The number of carboxylic acids is 1. The fourth-order valence-electron chi connectivity index (χ4n) is 2.56. The highest BCUT2D eigenvalue weighted by molar-refractivity contribution is 5.77. The number of imidazole rings is 1. The minimum absolute atomic E-state index is 0.0738. The molecule has 0 atom stereocenters. The van der Waals surface area contributed by atoms with Crippen molar-refractivity contribution < 1.29 is 9.90 Å². The zero-order valence-electron chi connectivity index (χ0n) is 9.96. The van der Waals surface area contributed by atoms with Crippen LogP contribution < -0.4 is 5.69 Å². The lowest BCUT2D eigenvalue weighted by molar-refractivity contribution is -0.145. The first kappa shape index (κ1) is 11.5. The largest absolute Gasteiger partial charge is 0.481 e. The Labute approximate surface area is 107 Å². The molecule has 2 N–H and O–H groups in total. The fraction of sp³-hybridized carbons (Fsp3) is 0.308. The van der Waals surface area contributed by atoms with Crippen LogP contribution in [-0.4, -0.2) is 20.6 Å². The third-order valence-electron chi connectivity index (χ3n) is 3.67. The molecule has 1 fully saturated rings. The molecule has 0 amide bonds. The number of aromatic nitrogens is 2. The minimum atomic E-state index is -0.809. The maximum Gasteiger partial charge on any atom is 0.326 e. The Bertz CT molecular complexity index is 760. The van der Waals surface area contributed by atoms with Crippen molar-refractivity contribution in [1.29, 1.82) is 5.26 Å². The van der Waals surface area contributed by atoms with Gasteiger partial charge in [0.05, 0.1) is 28.6 Å². The number of nitrogens with zero attached hydrogens (tertiary/aromatic N) is 2. The van der Waals surface area contributed by atoms with E-state index in [9.17, 15) is 9.59 Å². The van der Waals surface area contributed by atoms with Gasteiger partial charge in [0.25, 0.3) is 0 Å². The molecule has 0 unspecified atom stereocenters. The molecule has 6 nitrogen and oxygen atoms in total. The summed E-state index contributed by atoms with van der Waals surface area (Å²) in [6, 6.07) is 6.94. The zero-order valence-corrected chi connectivity index (χ0v) is 9.96. The van der Waals surface area contributed by atoms with E-state index in [1.54, 1.807) is 22.8 Å². The average molecular weight is 257 g/mol. The summed E-state index contributed by atoms with van der Waals surface area (Å²) >= 11 is 0. The van der Waals surface area contributed by atoms with Gasteiger partial charge in [0.1, 0.15) is 0 Å². The van der Waals surface area contributed by atoms with Crippen LogP contribution in [0.5, 0.6) is 0 Å². The maximum absolute atomic E-state index is 11.9. The lowest BCUT2D eigenvalue weighted by Gasteiger charge is -2.33. The molecule has 1 aromatic carbocycles. The summed E-state index contributed by atoms with van der Waals surface area (Å²) in [4.78, 5) is 25.4. The maximum atomic E-state index is 11.9. The molecule has 0 aliphatic heterocycles. The van der Waals surface area contributed by atoms with Crippen molar-refractivity contribution in [2.75, 3.05) is 0 Å². The number of H-pyrrole nitrogens is 1. The number of hydrogen-bond acceptors (Lipinski definition) is 3. The predicted molar refractivity (Wildman–Crippen MR) is 66.7 cm³/mol. The number of nitrogens with one attached hydrogen (secondary N) is 1. The standard InChI is InChI=1S/C13H11N3O3/c14-6-7-1-2-11-10(3-7)15-13(19)16(11)9-4-8(5-9)12(17)18/h1-3,8-9H,4-5H2,(H,15,19)(H,17,18). The zero-order chi connectivity index (χ0) is 13.6. The van der Waals surface area contributed by atoms with E-state index in [2.05, 4.69) is 4.98 Å². The summed E-state index contributed by atoms with van der Waals surface area (Å²) in [5, 5.41) is 17.7. The second kappa shape index (κ2) is 3.99. The number of nitriles is 1. The third kappa shape index (κ3) is 1.71. The van der Waals surface area contributed by atoms with E-state index in [1.807, 2.05) is 6.07 Å². The van der Waals surface area contributed by atoms with Crippen LogP contribution in [0, 0.1) is 17.2 Å². The number of benzene rings is 1. The summed E-state index contributed by atoms with van der Waals surface area (Å²) in [7, 11) is 0. The SMILES string of the molecule is N#Cc1ccc2c(c1)[nH]c(=O)n2C1CC(C(=O)O)C1. The molecule has 6 heteroatoms. The number of carbonyl (C=O) groups is 1. The number of aliphatic carboxylic acids is 1. The van der Waals surface area contributed by atoms with Crippen LogP contribution in [0.15, 0.2) is 23.0 Å². The van der Waals surface area contributed by atoms with Gasteiger partial charge in [-0.3, -0.25) is 9.36 Å². The lowest BCUT2D eigenvalue weighted by Crippen LogP contribution is -2.36. The molecule has 96 valence electrons. The van der Waals surface area contributed by atoms with Crippen molar-refractivity contribution in [1.82, 2.24) is 9.55 Å². The quantitative estimate of drug-likeness (QED) is 0.845. The molecule has 2 aromatic rings. The monoisotopic (exact) mass is 257 g/mol. The third-order valence-corrected chi connectivity index (χ3v) is 3.67. The smallest absolute Gasteiger partial charge is 0.326 e. The fourth-order valence-corrected chi connectivity index (χ4v) is 2.56. The van der Waals surface area contributed by atoms with Gasteiger partial charge in [-0.25, -0.2) is 4.79 Å². The molecular formula is C13H11N3O3. The molecule has 3 rings (SSSR count). The van der Waals surface area contributed by atoms with Gasteiger partial charge in [-0.15, -0.1) is 0 Å². The molecule has 1 heterocycles. The minimum Gasteiger partial charge on any atom is -0.481 e. The van der Waals surface area contributed by atoms with Crippen LogP contribution in [0.3, 0.4) is 0 Å². The molecule has 0 bridgehead atoms. The van der Waals surface area contributed by atoms with Crippen molar-refractivity contribution in [2.24, 2.45) is 5.92 Å². The first-order valence-electron chi connectivity index (χ1n) is 5.97. The predicted octanol–water partition coefficient (Wildman–Crippen LogP) is 1.24. The van der Waals surface area contributed by atoms with E-state index in [4.69, 9.17) is 10.4 Å². The topological polar surface area (TPSA) is 98.9 Å². The van der Waals surface area contributed by atoms with Crippen molar-refractivity contribution in [3.8, 4) is 6.07 Å². The molecule has 1 aliphatic rings. The first-order chi connectivity index (χ1) is 9.10. The van der Waals surface area contributed by atoms with E-state index in [0.717, 1.165) is 5.52 Å². The Morgan fingerprint density at radius 2 is 2.21 bits per heavy atom. The summed E-state index contributed by atoms with van der Waals surface area (Å²) in [6.07, 6.45) is 0.949. The van der Waals surface area contributed by atoms with Gasteiger partial charge in [-0.1, -0.05) is 0 Å². The van der Waals surface area contributed by atoms with Gasteiger partial charge in [0.2, 0.25) is 0 Å². The van der Waals surface area contributed by atoms with Gasteiger partial charge in [-0.2, -0.15) is 5.26 Å². The molecule has 0 radical (unpaired) electrons. The Balaban J connectivity index is 2.01. The molecule has 1 saturated carbocycles. The van der Waals surface area contributed by atoms with Crippen molar-refractivity contribution in [2.45, 2.75) is 18.9 Å². The summed E-state index contributed by atoms with van der Waals surface area (Å²) < 4.78 is 1.59. The molecule has 1 aromatic heterocycles. The highest BCUT2D eigenvalue weighted by Gasteiger charge is 2.37. The second-order valence-corrected chi connectivity index (χ2v) is 4.80. The van der Waals surface area contributed by atoms with E-state index in [0.29, 0.717) is 23.9 Å². The van der Waals surface area contributed by atoms with E-state index in [-0.39, 0.29) is 17.6 Å². The van der Waals surface area contributed by atoms with Crippen LogP contribution in [0.4, 0.5) is 0 Å². The van der Waals surface area contributed by atoms with Crippen LogP contribution >= 0.6 is 0 Å². The van der Waals surface area contributed by atoms with Crippen molar-refractivity contribution in [3.05, 3.63) is 34.2 Å². The molecule has 1 aliphatic carbocycles. The van der Waals surface area contributed by atoms with Gasteiger partial charge < -0.3 is 10.1 Å². The number of fused-ring (bicyclic) bond motifs is 1. The summed E-state index contributed by atoms with van der Waals surface area (Å²) in [6.45, 7) is 0. The van der Waals surface area contributed by atoms with Gasteiger partial charge in [-0.05, 0) is 31.0 Å². The highest BCUT2D eigenvalue weighted by atomic mass is 16.4. The van der Waals surface area contributed by atoms with E-state index >= 15 is 0 Å². The number of carboxylic acid groups (broad SMARTS) is 1. The summed E-state index contributed by atoms with van der Waals surface area (Å²) in [5.41, 5.74) is 1.57. The molecular weight excluding hydrogens is 246 g/mol. The Kier molecular flexibility index (Phi) is 2.42. The van der Waals surface area contributed by atoms with Crippen molar-refractivity contribution in [3.63, 3.8) is 0 Å². The second-order valence-electron chi connectivity index (χ2n) is 4.80. The first-order valence-corrected chi connectivity index (χ1v) is 5.97. The van der Waals surface area contributed by atoms with Gasteiger partial charge >= 0.3 is 11.7 Å². The normalized spacial score (nSPS) is 21.8. The molecule has 0 spiro atoms. The Hall–Kier alpha value is -2.55. The number of rotatable bonds is 2. The Morgan fingerprint density at radius 1 is 1.47 bits per heavy atom. The Morgan fingerprint density at radius 3 is 2.84 bits per heavy atom. The number of hydrogen-bond donors (Lipinski definition) is 2. The van der Waals surface area contributed by atoms with Crippen LogP contribution in [-0.2, 0) is 4.79 Å². The molecule has 19 heavy (non-hydrogen) atoms. The van der Waals surface area contributed by atoms with E-state index < -0.39 is 5.97 Å². The lowest BCUT2D eigenvalue weighted by atomic mass is 9.80. The molecule has 0 saturated heterocycles. The van der Waals surface area contributed by atoms with Gasteiger partial charge in [0.15, 0.2) is 0 Å². The van der Waals surface area contributed by atoms with Crippen LogP contribution in [0.1, 0.15) is 24.4 Å². The van der Waals surface area contributed by atoms with Crippen LogP contribution in [0.2, 0.25) is 0 Å². The average Bonchev–Trinajstić information content (AvgIpc) is 2.63. The van der Waals surface area contributed by atoms with Crippen LogP contribution in [0.25, 0.3) is 11.0 Å². The van der Waals surface area contributed by atoms with Crippen molar-refractivity contribution >= 4 is 17.0 Å². The summed E-state index contributed by atoms with van der Waals surface area (Å²) in [5.74, 6) is -1.17.